The first-order valence-electron chi connectivity index (χ1n) is 9.25. The van der Waals surface area contributed by atoms with Crippen molar-refractivity contribution in [2.45, 2.75) is 43.5 Å². The molecule has 1 atom stereocenters. The van der Waals surface area contributed by atoms with Gasteiger partial charge in [0.2, 0.25) is 0 Å². The number of carbonyl (C=O) groups excluding carboxylic acids is 1. The molecule has 0 aromatic carbocycles. The van der Waals surface area contributed by atoms with E-state index in [1.807, 2.05) is 23.6 Å². The molecular formula is C18H26N2O4S. The lowest BCUT2D eigenvalue weighted by Gasteiger charge is -2.47. The third kappa shape index (κ3) is 3.59. The zero-order chi connectivity index (χ0) is 17.3. The number of hydrogen-bond donors (Lipinski definition) is 0. The van der Waals surface area contributed by atoms with E-state index in [-0.39, 0.29) is 10.7 Å². The smallest absolute Gasteiger partial charge is 0.259 e. The summed E-state index contributed by atoms with van der Waals surface area (Å²) in [5.41, 5.74) is 0.618. The lowest BCUT2D eigenvalue weighted by atomic mass is 9.92. The Balaban J connectivity index is 1.25. The van der Waals surface area contributed by atoms with Crippen molar-refractivity contribution in [2.24, 2.45) is 5.92 Å². The summed E-state index contributed by atoms with van der Waals surface area (Å²) in [5, 5.41) is 3.77. The van der Waals surface area contributed by atoms with E-state index < -0.39 is 0 Å². The molecule has 4 rings (SSSR count). The molecule has 3 aliphatic heterocycles. The first-order chi connectivity index (χ1) is 12.2. The van der Waals surface area contributed by atoms with Gasteiger partial charge in [-0.15, -0.1) is 11.8 Å². The number of aromatic nitrogens is 1. The van der Waals surface area contributed by atoms with Crippen molar-refractivity contribution >= 4 is 17.7 Å². The molecule has 3 fully saturated rings. The van der Waals surface area contributed by atoms with Crippen LogP contribution in [-0.4, -0.2) is 65.5 Å². The van der Waals surface area contributed by atoms with E-state index in [1.54, 1.807) is 6.20 Å². The Labute approximate surface area is 152 Å². The van der Waals surface area contributed by atoms with Gasteiger partial charge in [0.15, 0.2) is 0 Å². The molecule has 7 heteroatoms. The number of ether oxygens (including phenoxy) is 2. The molecule has 3 aliphatic rings. The topological polar surface area (TPSA) is 64.8 Å². The number of likely N-dealkylation sites (tertiary alicyclic amines) is 1. The third-order valence-electron chi connectivity index (χ3n) is 5.53. The number of nitrogens with zero attached hydrogens (tertiary/aromatic N) is 2. The van der Waals surface area contributed by atoms with Crippen LogP contribution in [0.5, 0.6) is 0 Å². The van der Waals surface area contributed by atoms with Crippen LogP contribution in [0, 0.1) is 5.92 Å². The summed E-state index contributed by atoms with van der Waals surface area (Å²) in [4.78, 5) is 14.5. The number of carbonyl (C=O) groups is 1. The van der Waals surface area contributed by atoms with Gasteiger partial charge in [0.05, 0.1) is 17.0 Å². The highest BCUT2D eigenvalue weighted by molar-refractivity contribution is 8.01. The maximum absolute atomic E-state index is 12.6. The molecule has 6 nitrogen and oxygen atoms in total. The van der Waals surface area contributed by atoms with Crippen molar-refractivity contribution in [3.8, 4) is 0 Å². The number of aryl methyl sites for hydroxylation is 1. The van der Waals surface area contributed by atoms with Crippen LogP contribution in [0.15, 0.2) is 10.7 Å². The maximum atomic E-state index is 12.6. The lowest BCUT2D eigenvalue weighted by Crippen LogP contribution is -2.60. The number of hydrogen-bond acceptors (Lipinski definition) is 6. The molecule has 1 amide bonds. The van der Waals surface area contributed by atoms with Crippen LogP contribution in [0.1, 0.15) is 42.3 Å². The zero-order valence-electron chi connectivity index (χ0n) is 14.7. The fourth-order valence-corrected chi connectivity index (χ4v) is 5.52. The molecule has 138 valence electrons. The summed E-state index contributed by atoms with van der Waals surface area (Å²) in [7, 11) is 0. The Morgan fingerprint density at radius 1 is 1.44 bits per heavy atom. The SMILES string of the molecule is CCc1oncc1C(=O)N1CC2(C[C@H](OCC3CCOCC3)CS2)C1. The van der Waals surface area contributed by atoms with Gasteiger partial charge in [-0.25, -0.2) is 0 Å². The molecule has 1 aromatic heterocycles. The Morgan fingerprint density at radius 2 is 2.24 bits per heavy atom. The average Bonchev–Trinajstić information content (AvgIpc) is 3.26. The highest BCUT2D eigenvalue weighted by Gasteiger charge is 2.51. The van der Waals surface area contributed by atoms with E-state index in [1.165, 1.54) is 0 Å². The van der Waals surface area contributed by atoms with Gasteiger partial charge in [0.25, 0.3) is 5.91 Å². The maximum Gasteiger partial charge on any atom is 0.259 e. The van der Waals surface area contributed by atoms with Crippen LogP contribution in [0.25, 0.3) is 0 Å². The standard InChI is InChI=1S/C18H26N2O4S/c1-2-16-15(8-19-24-16)17(21)20-11-18(12-20)7-14(10-25-18)23-9-13-3-5-22-6-4-13/h8,13-14H,2-7,9-12H2,1H3/t14-/m0/s1. The summed E-state index contributed by atoms with van der Waals surface area (Å²) in [6.07, 6.45) is 5.85. The van der Waals surface area contributed by atoms with Crippen molar-refractivity contribution in [2.75, 3.05) is 38.7 Å². The molecule has 1 aromatic rings. The normalized spacial score (nSPS) is 26.1. The minimum Gasteiger partial charge on any atom is -0.381 e. The van der Waals surface area contributed by atoms with Gasteiger partial charge in [-0.3, -0.25) is 4.79 Å². The molecule has 0 aliphatic carbocycles. The molecule has 0 saturated carbocycles. The van der Waals surface area contributed by atoms with E-state index in [0.29, 0.717) is 29.8 Å². The second-order valence-electron chi connectivity index (χ2n) is 7.39. The van der Waals surface area contributed by atoms with Crippen molar-refractivity contribution in [1.29, 1.82) is 0 Å². The van der Waals surface area contributed by atoms with E-state index >= 15 is 0 Å². The predicted molar refractivity (Wildman–Crippen MR) is 94.9 cm³/mol. The molecular weight excluding hydrogens is 340 g/mol. The van der Waals surface area contributed by atoms with Gasteiger partial charge in [0.1, 0.15) is 11.3 Å². The van der Waals surface area contributed by atoms with Crippen LogP contribution < -0.4 is 0 Å². The number of rotatable bonds is 5. The van der Waals surface area contributed by atoms with E-state index in [0.717, 1.165) is 57.9 Å². The van der Waals surface area contributed by atoms with Crippen LogP contribution in [0.2, 0.25) is 0 Å². The van der Waals surface area contributed by atoms with Gasteiger partial charge >= 0.3 is 0 Å². The molecule has 0 radical (unpaired) electrons. The Morgan fingerprint density at radius 3 is 3.00 bits per heavy atom. The van der Waals surface area contributed by atoms with Crippen LogP contribution in [0.4, 0.5) is 0 Å². The fraction of sp³-hybridized carbons (Fsp3) is 0.778. The zero-order valence-corrected chi connectivity index (χ0v) is 15.6. The summed E-state index contributed by atoms with van der Waals surface area (Å²) in [6.45, 7) is 6.19. The Bertz CT molecular complexity index is 608. The van der Waals surface area contributed by atoms with Crippen molar-refractivity contribution < 1.29 is 18.8 Å². The highest BCUT2D eigenvalue weighted by Crippen LogP contribution is 2.46. The van der Waals surface area contributed by atoms with Crippen molar-refractivity contribution in [1.82, 2.24) is 10.1 Å². The summed E-state index contributed by atoms with van der Waals surface area (Å²) in [6, 6.07) is 0. The van der Waals surface area contributed by atoms with Crippen LogP contribution >= 0.6 is 11.8 Å². The number of thioether (sulfide) groups is 1. The lowest BCUT2D eigenvalue weighted by molar-refractivity contribution is -0.0118. The van der Waals surface area contributed by atoms with E-state index in [9.17, 15) is 4.79 Å². The summed E-state index contributed by atoms with van der Waals surface area (Å²) in [5.74, 6) is 2.42. The largest absolute Gasteiger partial charge is 0.381 e. The third-order valence-corrected chi connectivity index (χ3v) is 7.10. The first kappa shape index (κ1) is 17.4. The molecule has 4 heterocycles. The molecule has 25 heavy (non-hydrogen) atoms. The molecule has 0 bridgehead atoms. The van der Waals surface area contributed by atoms with Gasteiger partial charge in [-0.05, 0) is 25.2 Å². The molecule has 0 unspecified atom stereocenters. The van der Waals surface area contributed by atoms with Gasteiger partial charge in [0, 0.05) is 45.1 Å². The van der Waals surface area contributed by atoms with Crippen molar-refractivity contribution in [3.63, 3.8) is 0 Å². The number of amides is 1. The monoisotopic (exact) mass is 366 g/mol. The first-order valence-corrected chi connectivity index (χ1v) is 10.2. The van der Waals surface area contributed by atoms with Crippen LogP contribution in [-0.2, 0) is 15.9 Å². The van der Waals surface area contributed by atoms with E-state index in [4.69, 9.17) is 14.0 Å². The van der Waals surface area contributed by atoms with Crippen molar-refractivity contribution in [3.05, 3.63) is 17.5 Å². The van der Waals surface area contributed by atoms with Crippen LogP contribution in [0.3, 0.4) is 0 Å². The molecule has 0 N–H and O–H groups in total. The van der Waals surface area contributed by atoms with Gasteiger partial charge in [-0.1, -0.05) is 12.1 Å². The highest BCUT2D eigenvalue weighted by atomic mass is 32.2. The fourth-order valence-electron chi connectivity index (χ4n) is 3.97. The summed E-state index contributed by atoms with van der Waals surface area (Å²) < 4.78 is 16.9. The molecule has 3 saturated heterocycles. The minimum absolute atomic E-state index is 0.0518. The summed E-state index contributed by atoms with van der Waals surface area (Å²) >= 11 is 1.97. The Kier molecular flexibility index (Phi) is 5.06. The predicted octanol–water partition coefficient (Wildman–Crippen LogP) is 2.38. The van der Waals surface area contributed by atoms with Gasteiger partial charge < -0.3 is 18.9 Å². The average molecular weight is 366 g/mol. The second-order valence-corrected chi connectivity index (χ2v) is 8.87. The minimum atomic E-state index is 0.0518. The van der Waals surface area contributed by atoms with Gasteiger partial charge in [-0.2, -0.15) is 0 Å². The Hall–Kier alpha value is -1.05. The molecule has 1 spiro atoms. The van der Waals surface area contributed by atoms with E-state index in [2.05, 4.69) is 5.16 Å². The quantitative estimate of drug-likeness (QED) is 0.797. The second kappa shape index (κ2) is 7.29.